The van der Waals surface area contributed by atoms with Gasteiger partial charge in [-0.05, 0) is 42.5 Å². The highest BCUT2D eigenvalue weighted by molar-refractivity contribution is 6.03. The normalized spacial score (nSPS) is 10.8. The lowest BCUT2D eigenvalue weighted by Gasteiger charge is -2.08. The predicted molar refractivity (Wildman–Crippen MR) is 119 cm³/mol. The van der Waals surface area contributed by atoms with E-state index in [1.165, 1.54) is 6.26 Å². The molecule has 0 bridgehead atoms. The standard InChI is InChI=1S/C25H19N3O3/c29-25(23-18(13-14-30-23)16-31-20-9-2-1-3-10-20)26-19-8-6-7-17(15-19)24-27-21-11-4-5-12-22(21)28-24/h1-15H,16H2,(H,26,29)(H,27,28). The molecule has 0 saturated carbocycles. The number of carbonyl (C=O) groups excluding carboxylic acids is 1. The van der Waals surface area contributed by atoms with Gasteiger partial charge in [-0.25, -0.2) is 4.98 Å². The number of fused-ring (bicyclic) bond motifs is 1. The minimum absolute atomic E-state index is 0.227. The summed E-state index contributed by atoms with van der Waals surface area (Å²) in [6.45, 7) is 0.238. The zero-order valence-corrected chi connectivity index (χ0v) is 16.5. The van der Waals surface area contributed by atoms with Crippen LogP contribution in [0.15, 0.2) is 95.6 Å². The number of hydrogen-bond acceptors (Lipinski definition) is 4. The summed E-state index contributed by atoms with van der Waals surface area (Å²) >= 11 is 0. The molecule has 2 heterocycles. The molecule has 0 spiro atoms. The number of nitrogens with one attached hydrogen (secondary N) is 2. The Morgan fingerprint density at radius 3 is 2.68 bits per heavy atom. The SMILES string of the molecule is O=C(Nc1cccc(-c2nc3ccccc3[nH]2)c1)c1occc1COc1ccccc1. The molecule has 5 aromatic rings. The van der Waals surface area contributed by atoms with Crippen molar-refractivity contribution in [3.05, 3.63) is 103 Å². The van der Waals surface area contributed by atoms with Gasteiger partial charge < -0.3 is 19.5 Å². The molecule has 0 radical (unpaired) electrons. The van der Waals surface area contributed by atoms with Crippen LogP contribution in [0.5, 0.6) is 5.75 Å². The van der Waals surface area contributed by atoms with E-state index in [0.29, 0.717) is 11.3 Å². The summed E-state index contributed by atoms with van der Waals surface area (Å²) in [6, 6.07) is 26.5. The monoisotopic (exact) mass is 409 g/mol. The third kappa shape index (κ3) is 4.04. The first kappa shape index (κ1) is 18.7. The van der Waals surface area contributed by atoms with Gasteiger partial charge in [0.15, 0.2) is 5.76 Å². The number of para-hydroxylation sites is 3. The maximum Gasteiger partial charge on any atom is 0.291 e. The number of benzene rings is 3. The van der Waals surface area contributed by atoms with Gasteiger partial charge in [0, 0.05) is 16.8 Å². The Balaban J connectivity index is 1.32. The maximum atomic E-state index is 12.8. The number of carbonyl (C=O) groups is 1. The summed E-state index contributed by atoms with van der Waals surface area (Å²) in [5.74, 6) is 1.37. The van der Waals surface area contributed by atoms with Crippen LogP contribution in [-0.2, 0) is 6.61 Å². The van der Waals surface area contributed by atoms with Crippen LogP contribution in [-0.4, -0.2) is 15.9 Å². The molecule has 0 fully saturated rings. The van der Waals surface area contributed by atoms with Crippen LogP contribution in [0.1, 0.15) is 16.1 Å². The average molecular weight is 409 g/mol. The van der Waals surface area contributed by atoms with Gasteiger partial charge in [-0.15, -0.1) is 0 Å². The Hall–Kier alpha value is -4.32. The number of amides is 1. The molecule has 31 heavy (non-hydrogen) atoms. The highest BCUT2D eigenvalue weighted by Gasteiger charge is 2.17. The average Bonchev–Trinajstić information content (AvgIpc) is 3.46. The van der Waals surface area contributed by atoms with Crippen LogP contribution in [0, 0.1) is 0 Å². The molecule has 3 aromatic carbocycles. The molecule has 5 rings (SSSR count). The van der Waals surface area contributed by atoms with Crippen LogP contribution >= 0.6 is 0 Å². The summed E-state index contributed by atoms with van der Waals surface area (Å²) < 4.78 is 11.2. The molecule has 1 amide bonds. The first-order valence-corrected chi connectivity index (χ1v) is 9.87. The van der Waals surface area contributed by atoms with E-state index in [0.717, 1.165) is 28.2 Å². The molecule has 0 aliphatic rings. The lowest BCUT2D eigenvalue weighted by molar-refractivity contribution is 0.0993. The van der Waals surface area contributed by atoms with Crippen molar-refractivity contribution < 1.29 is 13.9 Å². The molecule has 152 valence electrons. The van der Waals surface area contributed by atoms with Gasteiger partial charge >= 0.3 is 0 Å². The Labute approximate surface area is 178 Å². The van der Waals surface area contributed by atoms with Crippen molar-refractivity contribution in [1.29, 1.82) is 0 Å². The van der Waals surface area contributed by atoms with Crippen molar-refractivity contribution >= 4 is 22.6 Å². The van der Waals surface area contributed by atoms with Gasteiger partial charge in [0.05, 0.1) is 17.3 Å². The molecule has 0 aliphatic heterocycles. The summed E-state index contributed by atoms with van der Waals surface area (Å²) in [6.07, 6.45) is 1.49. The molecular formula is C25H19N3O3. The predicted octanol–water partition coefficient (Wildman–Crippen LogP) is 5.65. The summed E-state index contributed by atoms with van der Waals surface area (Å²) in [5.41, 5.74) is 4.06. The summed E-state index contributed by atoms with van der Waals surface area (Å²) in [5, 5.41) is 2.90. The highest BCUT2D eigenvalue weighted by Crippen LogP contribution is 2.24. The Morgan fingerprint density at radius 1 is 0.968 bits per heavy atom. The molecule has 6 heteroatoms. The van der Waals surface area contributed by atoms with Gasteiger partial charge in [0.1, 0.15) is 18.2 Å². The smallest absolute Gasteiger partial charge is 0.291 e. The molecular weight excluding hydrogens is 390 g/mol. The number of H-pyrrole nitrogens is 1. The van der Waals surface area contributed by atoms with Crippen molar-refractivity contribution in [2.75, 3.05) is 5.32 Å². The van der Waals surface area contributed by atoms with E-state index < -0.39 is 0 Å². The highest BCUT2D eigenvalue weighted by atomic mass is 16.5. The molecule has 0 saturated heterocycles. The fraction of sp³-hybridized carbons (Fsp3) is 0.0400. The summed E-state index contributed by atoms with van der Waals surface area (Å²) in [7, 11) is 0. The first-order valence-electron chi connectivity index (χ1n) is 9.87. The minimum atomic E-state index is -0.335. The Kier molecular flexibility index (Phi) is 4.94. The number of rotatable bonds is 6. The number of hydrogen-bond donors (Lipinski definition) is 2. The van der Waals surface area contributed by atoms with E-state index in [9.17, 15) is 4.79 Å². The number of aromatic nitrogens is 2. The van der Waals surface area contributed by atoms with Crippen molar-refractivity contribution in [3.8, 4) is 17.1 Å². The second-order valence-corrected chi connectivity index (χ2v) is 7.01. The van der Waals surface area contributed by atoms with Crippen molar-refractivity contribution in [3.63, 3.8) is 0 Å². The quantitative estimate of drug-likeness (QED) is 0.380. The van der Waals surface area contributed by atoms with Gasteiger partial charge in [0.2, 0.25) is 0 Å². The van der Waals surface area contributed by atoms with Crippen molar-refractivity contribution in [2.24, 2.45) is 0 Å². The fourth-order valence-corrected chi connectivity index (χ4v) is 3.35. The molecule has 0 unspecified atom stereocenters. The second-order valence-electron chi connectivity index (χ2n) is 7.01. The molecule has 2 aromatic heterocycles. The number of ether oxygens (including phenoxy) is 1. The van der Waals surface area contributed by atoms with Crippen molar-refractivity contribution in [2.45, 2.75) is 6.61 Å². The summed E-state index contributed by atoms with van der Waals surface area (Å²) in [4.78, 5) is 20.7. The maximum absolute atomic E-state index is 12.8. The molecule has 2 N–H and O–H groups in total. The van der Waals surface area contributed by atoms with E-state index in [4.69, 9.17) is 9.15 Å². The number of imidazole rings is 1. The molecule has 6 nitrogen and oxygen atoms in total. The third-order valence-electron chi connectivity index (χ3n) is 4.87. The van der Waals surface area contributed by atoms with Crippen molar-refractivity contribution in [1.82, 2.24) is 9.97 Å². The Morgan fingerprint density at radius 2 is 1.81 bits per heavy atom. The fourth-order valence-electron chi connectivity index (χ4n) is 3.35. The molecule has 0 atom stereocenters. The second kappa shape index (κ2) is 8.20. The van der Waals surface area contributed by atoms with E-state index in [-0.39, 0.29) is 18.3 Å². The van der Waals surface area contributed by atoms with E-state index >= 15 is 0 Å². The number of aromatic amines is 1. The minimum Gasteiger partial charge on any atom is -0.489 e. The zero-order chi connectivity index (χ0) is 21.0. The number of furan rings is 1. The van der Waals surface area contributed by atoms with Crippen LogP contribution < -0.4 is 10.1 Å². The van der Waals surface area contributed by atoms with Gasteiger partial charge in [-0.2, -0.15) is 0 Å². The van der Waals surface area contributed by atoms with Crippen LogP contribution in [0.3, 0.4) is 0 Å². The Bertz CT molecular complexity index is 1310. The third-order valence-corrected chi connectivity index (χ3v) is 4.87. The van der Waals surface area contributed by atoms with E-state index in [2.05, 4.69) is 15.3 Å². The van der Waals surface area contributed by atoms with Gasteiger partial charge in [-0.3, -0.25) is 4.79 Å². The van der Waals surface area contributed by atoms with Crippen LogP contribution in [0.2, 0.25) is 0 Å². The van der Waals surface area contributed by atoms with Crippen LogP contribution in [0.25, 0.3) is 22.4 Å². The van der Waals surface area contributed by atoms with Gasteiger partial charge in [0.25, 0.3) is 5.91 Å². The van der Waals surface area contributed by atoms with Gasteiger partial charge in [-0.1, -0.05) is 42.5 Å². The lowest BCUT2D eigenvalue weighted by Crippen LogP contribution is -2.13. The number of anilines is 1. The van der Waals surface area contributed by atoms with E-state index in [1.54, 1.807) is 6.07 Å². The van der Waals surface area contributed by atoms with E-state index in [1.807, 2.05) is 78.9 Å². The molecule has 0 aliphatic carbocycles. The zero-order valence-electron chi connectivity index (χ0n) is 16.5. The number of nitrogens with zero attached hydrogens (tertiary/aromatic N) is 1. The topological polar surface area (TPSA) is 80.2 Å². The lowest BCUT2D eigenvalue weighted by atomic mass is 10.2. The largest absolute Gasteiger partial charge is 0.489 e. The first-order chi connectivity index (χ1) is 15.3. The van der Waals surface area contributed by atoms with Crippen LogP contribution in [0.4, 0.5) is 5.69 Å².